The van der Waals surface area contributed by atoms with Crippen LogP contribution in [0.15, 0.2) is 42.0 Å². The largest absolute Gasteiger partial charge is 0.315 e. The molecule has 28 heavy (non-hydrogen) atoms. The minimum Gasteiger partial charge on any atom is -0.315 e. The number of pyridine rings is 1. The van der Waals surface area contributed by atoms with E-state index in [0.29, 0.717) is 28.5 Å². The standard InChI is InChI=1S/C20H14Cl2N4OS/c1-25-17-3-2-11(4-12(17)5-19(25)27)16-10-28-18(24-16)7-14-9-26-8-13(21)6-15(22)20(26)23-14/h2-4,6,8-10H,5,7H2,1H3. The van der Waals surface area contributed by atoms with Crippen LogP contribution in [0.2, 0.25) is 10.0 Å². The highest BCUT2D eigenvalue weighted by Crippen LogP contribution is 2.32. The Morgan fingerprint density at radius 1 is 1.18 bits per heavy atom. The third-order valence-electron chi connectivity index (χ3n) is 4.86. The topological polar surface area (TPSA) is 50.5 Å². The molecule has 3 aromatic heterocycles. The average molecular weight is 429 g/mol. The molecule has 4 heterocycles. The van der Waals surface area contributed by atoms with E-state index in [2.05, 4.69) is 11.1 Å². The first kappa shape index (κ1) is 17.7. The van der Waals surface area contributed by atoms with E-state index in [-0.39, 0.29) is 5.91 Å². The van der Waals surface area contributed by atoms with Crippen LogP contribution in [-0.2, 0) is 17.6 Å². The van der Waals surface area contributed by atoms with Crippen LogP contribution in [0.3, 0.4) is 0 Å². The number of amides is 1. The summed E-state index contributed by atoms with van der Waals surface area (Å²) in [5.74, 6) is 0.122. The molecule has 0 aliphatic carbocycles. The molecule has 0 saturated heterocycles. The van der Waals surface area contributed by atoms with Gasteiger partial charge in [-0.25, -0.2) is 9.97 Å². The Bertz CT molecular complexity index is 1250. The fraction of sp³-hybridized carbons (Fsp3) is 0.150. The predicted octanol–water partition coefficient (Wildman–Crippen LogP) is 4.87. The van der Waals surface area contributed by atoms with Crippen LogP contribution in [-0.4, -0.2) is 27.3 Å². The van der Waals surface area contributed by atoms with Crippen molar-refractivity contribution in [2.45, 2.75) is 12.8 Å². The maximum Gasteiger partial charge on any atom is 0.231 e. The first-order valence-corrected chi connectivity index (χ1v) is 10.3. The van der Waals surface area contributed by atoms with Gasteiger partial charge < -0.3 is 9.30 Å². The third-order valence-corrected chi connectivity index (χ3v) is 6.19. The smallest absolute Gasteiger partial charge is 0.231 e. The lowest BCUT2D eigenvalue weighted by Crippen LogP contribution is -2.20. The second kappa shape index (κ2) is 6.58. The highest BCUT2D eigenvalue weighted by Gasteiger charge is 2.24. The van der Waals surface area contributed by atoms with Gasteiger partial charge in [-0.2, -0.15) is 0 Å². The van der Waals surface area contributed by atoms with Crippen molar-refractivity contribution in [2.24, 2.45) is 0 Å². The highest BCUT2D eigenvalue weighted by atomic mass is 35.5. The molecule has 140 valence electrons. The van der Waals surface area contributed by atoms with Crippen molar-refractivity contribution < 1.29 is 4.79 Å². The molecule has 1 amide bonds. The van der Waals surface area contributed by atoms with Crippen molar-refractivity contribution in [1.82, 2.24) is 14.4 Å². The Labute approximate surface area is 175 Å². The van der Waals surface area contributed by atoms with Crippen LogP contribution >= 0.6 is 34.5 Å². The van der Waals surface area contributed by atoms with Gasteiger partial charge in [0.15, 0.2) is 5.65 Å². The van der Waals surface area contributed by atoms with Gasteiger partial charge in [-0.1, -0.05) is 29.3 Å². The molecule has 1 aromatic carbocycles. The molecule has 5 nitrogen and oxygen atoms in total. The van der Waals surface area contributed by atoms with E-state index in [1.165, 1.54) is 0 Å². The number of fused-ring (bicyclic) bond motifs is 2. The normalized spacial score (nSPS) is 13.5. The molecule has 8 heteroatoms. The SMILES string of the molecule is CN1C(=O)Cc2cc(-c3csc(Cc4cn5cc(Cl)cc(Cl)c5n4)n3)ccc21. The van der Waals surface area contributed by atoms with Crippen LogP contribution in [0.1, 0.15) is 16.3 Å². The number of aromatic nitrogens is 3. The van der Waals surface area contributed by atoms with E-state index in [9.17, 15) is 4.79 Å². The number of benzene rings is 1. The van der Waals surface area contributed by atoms with E-state index in [1.807, 2.05) is 35.2 Å². The number of hydrogen-bond acceptors (Lipinski definition) is 4. The second-order valence-corrected chi connectivity index (χ2v) is 8.53. The van der Waals surface area contributed by atoms with Gasteiger partial charge in [-0.3, -0.25) is 4.79 Å². The van der Waals surface area contributed by atoms with Gasteiger partial charge >= 0.3 is 0 Å². The van der Waals surface area contributed by atoms with E-state index in [0.717, 1.165) is 33.2 Å². The lowest BCUT2D eigenvalue weighted by molar-refractivity contribution is -0.117. The van der Waals surface area contributed by atoms with Crippen molar-refractivity contribution in [3.63, 3.8) is 0 Å². The quantitative estimate of drug-likeness (QED) is 0.467. The van der Waals surface area contributed by atoms with Gasteiger partial charge in [0.05, 0.1) is 32.9 Å². The number of carbonyl (C=O) groups is 1. The first-order valence-electron chi connectivity index (χ1n) is 8.65. The maximum absolute atomic E-state index is 11.9. The van der Waals surface area contributed by atoms with Crippen molar-refractivity contribution in [3.05, 3.63) is 68.3 Å². The summed E-state index contributed by atoms with van der Waals surface area (Å²) >= 11 is 13.9. The molecule has 1 aliphatic rings. The number of thiazole rings is 1. The maximum atomic E-state index is 11.9. The lowest BCUT2D eigenvalue weighted by Gasteiger charge is -2.09. The van der Waals surface area contributed by atoms with Crippen LogP contribution in [0, 0.1) is 0 Å². The van der Waals surface area contributed by atoms with E-state index in [1.54, 1.807) is 28.5 Å². The fourth-order valence-corrected chi connectivity index (χ4v) is 4.82. The minimum absolute atomic E-state index is 0.122. The molecule has 1 aliphatic heterocycles. The first-order chi connectivity index (χ1) is 13.5. The van der Waals surface area contributed by atoms with Gasteiger partial charge in [0, 0.05) is 42.5 Å². The zero-order chi connectivity index (χ0) is 19.4. The monoisotopic (exact) mass is 428 g/mol. The van der Waals surface area contributed by atoms with E-state index >= 15 is 0 Å². The van der Waals surface area contributed by atoms with Gasteiger partial charge in [0.1, 0.15) is 0 Å². The Morgan fingerprint density at radius 2 is 2.04 bits per heavy atom. The minimum atomic E-state index is 0.122. The number of halogens is 2. The molecule has 0 atom stereocenters. The Balaban J connectivity index is 1.42. The number of likely N-dealkylation sites (N-methyl/N-ethyl adjacent to an activating group) is 1. The van der Waals surface area contributed by atoms with E-state index < -0.39 is 0 Å². The Kier molecular flexibility index (Phi) is 4.16. The molecule has 0 radical (unpaired) electrons. The number of imidazole rings is 1. The molecule has 0 saturated carbocycles. The summed E-state index contributed by atoms with van der Waals surface area (Å²) in [6, 6.07) is 7.75. The summed E-state index contributed by atoms with van der Waals surface area (Å²) in [6.45, 7) is 0. The highest BCUT2D eigenvalue weighted by molar-refractivity contribution is 7.10. The number of carbonyl (C=O) groups excluding carboxylic acids is 1. The lowest BCUT2D eigenvalue weighted by atomic mass is 10.1. The van der Waals surface area contributed by atoms with E-state index in [4.69, 9.17) is 28.2 Å². The summed E-state index contributed by atoms with van der Waals surface area (Å²) < 4.78 is 1.84. The molecular formula is C20H14Cl2N4OS. The summed E-state index contributed by atoms with van der Waals surface area (Å²) in [5, 5.41) is 4.10. The second-order valence-electron chi connectivity index (χ2n) is 6.75. The molecule has 0 unspecified atom stereocenters. The molecule has 4 aromatic rings. The zero-order valence-electron chi connectivity index (χ0n) is 14.8. The number of anilines is 1. The van der Waals surface area contributed by atoms with Crippen LogP contribution in [0.4, 0.5) is 5.69 Å². The number of rotatable bonds is 3. The summed E-state index contributed by atoms with van der Waals surface area (Å²) in [4.78, 5) is 22.9. The summed E-state index contributed by atoms with van der Waals surface area (Å²) in [6.07, 6.45) is 4.77. The van der Waals surface area contributed by atoms with Gasteiger partial charge in [-0.05, 0) is 23.8 Å². The van der Waals surface area contributed by atoms with Crippen molar-refractivity contribution in [2.75, 3.05) is 11.9 Å². The number of hydrogen-bond donors (Lipinski definition) is 0. The average Bonchev–Trinajstić information content (AvgIpc) is 3.34. The van der Waals surface area contributed by atoms with Gasteiger partial charge in [0.2, 0.25) is 5.91 Å². The Morgan fingerprint density at radius 3 is 2.89 bits per heavy atom. The molecule has 0 bridgehead atoms. The summed E-state index contributed by atoms with van der Waals surface area (Å²) in [5.41, 5.74) is 5.52. The zero-order valence-corrected chi connectivity index (χ0v) is 17.1. The number of nitrogens with zero attached hydrogens (tertiary/aromatic N) is 4. The molecular weight excluding hydrogens is 415 g/mol. The fourth-order valence-electron chi connectivity index (χ4n) is 3.47. The van der Waals surface area contributed by atoms with Crippen molar-refractivity contribution in [3.8, 4) is 11.3 Å². The molecule has 0 spiro atoms. The van der Waals surface area contributed by atoms with Crippen LogP contribution in [0.25, 0.3) is 16.9 Å². The third kappa shape index (κ3) is 2.98. The summed E-state index contributed by atoms with van der Waals surface area (Å²) in [7, 11) is 1.81. The van der Waals surface area contributed by atoms with Gasteiger partial charge in [-0.15, -0.1) is 11.3 Å². The molecule has 0 fully saturated rings. The predicted molar refractivity (Wildman–Crippen MR) is 113 cm³/mol. The van der Waals surface area contributed by atoms with Gasteiger partial charge in [0.25, 0.3) is 0 Å². The Hall–Kier alpha value is -2.41. The van der Waals surface area contributed by atoms with Crippen molar-refractivity contribution >= 4 is 51.8 Å². The molecule has 5 rings (SSSR count). The van der Waals surface area contributed by atoms with Crippen LogP contribution < -0.4 is 4.90 Å². The van der Waals surface area contributed by atoms with Crippen molar-refractivity contribution in [1.29, 1.82) is 0 Å². The molecule has 0 N–H and O–H groups in total. The van der Waals surface area contributed by atoms with Crippen LogP contribution in [0.5, 0.6) is 0 Å².